The second-order valence-corrected chi connectivity index (χ2v) is 6.04. The van der Waals surface area contributed by atoms with E-state index in [4.69, 9.17) is 18.0 Å². The van der Waals surface area contributed by atoms with Gasteiger partial charge in [0.1, 0.15) is 4.99 Å². The highest BCUT2D eigenvalue weighted by Gasteiger charge is 2.28. The smallest absolute Gasteiger partial charge is 0.159 e. The van der Waals surface area contributed by atoms with Crippen LogP contribution in [0.4, 0.5) is 5.82 Å². The van der Waals surface area contributed by atoms with Crippen molar-refractivity contribution in [2.45, 2.75) is 45.6 Å². The van der Waals surface area contributed by atoms with E-state index >= 15 is 0 Å². The third-order valence-corrected chi connectivity index (χ3v) is 4.20. The number of rotatable bonds is 4. The van der Waals surface area contributed by atoms with Crippen LogP contribution in [0.2, 0.25) is 0 Å². The number of hydrogen-bond donors (Lipinski definition) is 2. The molecule has 2 rings (SSSR count). The topological polar surface area (TPSA) is 63.8 Å². The summed E-state index contributed by atoms with van der Waals surface area (Å²) in [6.07, 6.45) is 6.67. The Morgan fingerprint density at radius 2 is 2.16 bits per heavy atom. The SMILES string of the molecule is CC(C)C1CCCCC1Nc1nnccc1C(N)=S. The fourth-order valence-corrected chi connectivity index (χ4v) is 3.11. The van der Waals surface area contributed by atoms with Crippen molar-refractivity contribution in [1.29, 1.82) is 0 Å². The molecule has 19 heavy (non-hydrogen) atoms. The van der Waals surface area contributed by atoms with Gasteiger partial charge < -0.3 is 11.1 Å². The molecule has 1 aliphatic rings. The molecule has 0 spiro atoms. The summed E-state index contributed by atoms with van der Waals surface area (Å²) in [4.78, 5) is 0.370. The Labute approximate surface area is 120 Å². The second kappa shape index (κ2) is 6.28. The molecule has 104 valence electrons. The number of nitrogens with one attached hydrogen (secondary N) is 1. The Morgan fingerprint density at radius 1 is 1.42 bits per heavy atom. The van der Waals surface area contributed by atoms with Crippen LogP contribution >= 0.6 is 12.2 Å². The third-order valence-electron chi connectivity index (χ3n) is 3.98. The van der Waals surface area contributed by atoms with Gasteiger partial charge in [0.05, 0.1) is 11.8 Å². The normalized spacial score (nSPS) is 23.3. The van der Waals surface area contributed by atoms with E-state index < -0.39 is 0 Å². The summed E-state index contributed by atoms with van der Waals surface area (Å²) in [5, 5.41) is 11.6. The lowest BCUT2D eigenvalue weighted by molar-refractivity contribution is 0.253. The van der Waals surface area contributed by atoms with Gasteiger partial charge in [-0.3, -0.25) is 0 Å². The van der Waals surface area contributed by atoms with Gasteiger partial charge in [0.25, 0.3) is 0 Å². The number of anilines is 1. The Hall–Kier alpha value is -1.23. The van der Waals surface area contributed by atoms with Crippen molar-refractivity contribution in [3.8, 4) is 0 Å². The van der Waals surface area contributed by atoms with Crippen LogP contribution in [0.1, 0.15) is 45.1 Å². The quantitative estimate of drug-likeness (QED) is 0.829. The average Bonchev–Trinajstić information content (AvgIpc) is 2.39. The van der Waals surface area contributed by atoms with E-state index in [0.29, 0.717) is 22.9 Å². The second-order valence-electron chi connectivity index (χ2n) is 5.60. The fourth-order valence-electron chi connectivity index (χ4n) is 2.95. The summed E-state index contributed by atoms with van der Waals surface area (Å²) in [7, 11) is 0. The molecule has 2 atom stereocenters. The lowest BCUT2D eigenvalue weighted by Crippen LogP contribution is -2.36. The number of aromatic nitrogens is 2. The molecule has 0 aromatic carbocycles. The average molecular weight is 278 g/mol. The van der Waals surface area contributed by atoms with Gasteiger partial charge in [0.15, 0.2) is 5.82 Å². The first-order chi connectivity index (χ1) is 9.09. The standard InChI is InChI=1S/C14H22N4S/c1-9(2)10-5-3-4-6-12(10)17-14-11(13(15)19)7-8-16-18-14/h7-10,12H,3-6H2,1-2H3,(H2,15,19)(H,17,18). The van der Waals surface area contributed by atoms with Crippen molar-refractivity contribution >= 4 is 23.0 Å². The predicted molar refractivity (Wildman–Crippen MR) is 82.1 cm³/mol. The molecule has 1 heterocycles. The molecule has 1 fully saturated rings. The van der Waals surface area contributed by atoms with Gasteiger partial charge in [-0.1, -0.05) is 38.9 Å². The van der Waals surface area contributed by atoms with Gasteiger partial charge in [0, 0.05) is 6.04 Å². The third kappa shape index (κ3) is 3.41. The van der Waals surface area contributed by atoms with Crippen LogP contribution in [0, 0.1) is 11.8 Å². The van der Waals surface area contributed by atoms with E-state index in [1.165, 1.54) is 25.7 Å². The maximum atomic E-state index is 5.74. The predicted octanol–water partition coefficient (Wildman–Crippen LogP) is 2.74. The van der Waals surface area contributed by atoms with E-state index in [0.717, 1.165) is 11.4 Å². The first kappa shape index (κ1) is 14.2. The van der Waals surface area contributed by atoms with Crippen LogP contribution in [0.5, 0.6) is 0 Å². The summed E-state index contributed by atoms with van der Waals surface area (Å²) in [5.74, 6) is 2.07. The van der Waals surface area contributed by atoms with Crippen LogP contribution in [0.25, 0.3) is 0 Å². The van der Waals surface area contributed by atoms with Crippen molar-refractivity contribution in [3.05, 3.63) is 17.8 Å². The zero-order valence-corrected chi connectivity index (χ0v) is 12.4. The fraction of sp³-hybridized carbons (Fsp3) is 0.643. The van der Waals surface area contributed by atoms with E-state index in [1.54, 1.807) is 6.20 Å². The summed E-state index contributed by atoms with van der Waals surface area (Å²) >= 11 is 5.07. The zero-order chi connectivity index (χ0) is 13.8. The molecule has 0 aliphatic heterocycles. The van der Waals surface area contributed by atoms with E-state index in [-0.39, 0.29) is 0 Å². The number of nitrogens with two attached hydrogens (primary N) is 1. The highest BCUT2D eigenvalue weighted by molar-refractivity contribution is 7.80. The highest BCUT2D eigenvalue weighted by Crippen LogP contribution is 2.32. The van der Waals surface area contributed by atoms with Gasteiger partial charge in [-0.2, -0.15) is 5.10 Å². The summed E-state index contributed by atoms with van der Waals surface area (Å²) in [6.45, 7) is 4.58. The monoisotopic (exact) mass is 278 g/mol. The van der Waals surface area contributed by atoms with Crippen molar-refractivity contribution in [1.82, 2.24) is 10.2 Å². The minimum absolute atomic E-state index is 0.370. The molecule has 2 unspecified atom stereocenters. The minimum Gasteiger partial charge on any atom is -0.389 e. The zero-order valence-electron chi connectivity index (χ0n) is 11.6. The van der Waals surface area contributed by atoms with E-state index in [1.807, 2.05) is 6.07 Å². The molecule has 1 aromatic heterocycles. The largest absolute Gasteiger partial charge is 0.389 e. The van der Waals surface area contributed by atoms with Crippen LogP contribution in [0.3, 0.4) is 0 Å². The lowest BCUT2D eigenvalue weighted by atomic mass is 9.78. The Balaban J connectivity index is 2.17. The van der Waals surface area contributed by atoms with Crippen molar-refractivity contribution < 1.29 is 0 Å². The first-order valence-electron chi connectivity index (χ1n) is 6.97. The van der Waals surface area contributed by atoms with Crippen LogP contribution in [-0.4, -0.2) is 21.2 Å². The minimum atomic E-state index is 0.370. The molecular formula is C14H22N4S. The Bertz CT molecular complexity index is 447. The molecule has 0 radical (unpaired) electrons. The van der Waals surface area contributed by atoms with Gasteiger partial charge >= 0.3 is 0 Å². The molecule has 1 aromatic rings. The molecule has 1 saturated carbocycles. The van der Waals surface area contributed by atoms with Crippen molar-refractivity contribution in [3.63, 3.8) is 0 Å². The first-order valence-corrected chi connectivity index (χ1v) is 7.38. The maximum absolute atomic E-state index is 5.74. The molecule has 0 bridgehead atoms. The molecular weight excluding hydrogens is 256 g/mol. The van der Waals surface area contributed by atoms with Gasteiger partial charge in [-0.05, 0) is 30.7 Å². The number of thiocarbonyl (C=S) groups is 1. The number of nitrogens with zero attached hydrogens (tertiary/aromatic N) is 2. The summed E-state index contributed by atoms with van der Waals surface area (Å²) in [5.41, 5.74) is 6.53. The molecule has 4 nitrogen and oxygen atoms in total. The van der Waals surface area contributed by atoms with E-state index in [9.17, 15) is 0 Å². The molecule has 0 amide bonds. The highest BCUT2D eigenvalue weighted by atomic mass is 32.1. The molecule has 1 aliphatic carbocycles. The van der Waals surface area contributed by atoms with Gasteiger partial charge in [0.2, 0.25) is 0 Å². The van der Waals surface area contributed by atoms with E-state index in [2.05, 4.69) is 29.4 Å². The molecule has 3 N–H and O–H groups in total. The number of hydrogen-bond acceptors (Lipinski definition) is 4. The molecule has 5 heteroatoms. The maximum Gasteiger partial charge on any atom is 0.159 e. The summed E-state index contributed by atoms with van der Waals surface area (Å²) < 4.78 is 0. The lowest BCUT2D eigenvalue weighted by Gasteiger charge is -2.35. The van der Waals surface area contributed by atoms with Crippen molar-refractivity contribution in [2.24, 2.45) is 17.6 Å². The van der Waals surface area contributed by atoms with Gasteiger partial charge in [-0.15, -0.1) is 5.10 Å². The van der Waals surface area contributed by atoms with Crippen LogP contribution in [-0.2, 0) is 0 Å². The van der Waals surface area contributed by atoms with Crippen molar-refractivity contribution in [2.75, 3.05) is 5.32 Å². The van der Waals surface area contributed by atoms with Gasteiger partial charge in [-0.25, -0.2) is 0 Å². The molecule has 0 saturated heterocycles. The Kier molecular flexibility index (Phi) is 4.69. The van der Waals surface area contributed by atoms with Crippen LogP contribution < -0.4 is 11.1 Å². The summed E-state index contributed by atoms with van der Waals surface area (Å²) in [6, 6.07) is 2.27. The van der Waals surface area contributed by atoms with Crippen LogP contribution in [0.15, 0.2) is 12.3 Å². The Morgan fingerprint density at radius 3 is 2.84 bits per heavy atom.